The Balaban J connectivity index is 1.06. The standard InChI is InChI=1S/C72H47NO/c1-71(2)61-29-13-9-25-53(61)59-42-46(36-40-62(59)71)73(47-37-41-66-60(43-47)54-26-12-16-32-65(54)72(66)63-30-14-10-23-51(63)52-24-11-15-31-64(52)72)67-33-17-28-56-58-39-35-45-19-4-6-21-49(45)70(58)74-69-48-20-5-3-18-44(48)34-38-57(69)50-22-7-8-27-55(50)68(56)67/h3-43H,1-2H3. The average Bonchev–Trinajstić information content (AvgIpc) is 4.10. The lowest BCUT2D eigenvalue weighted by Crippen LogP contribution is -2.25. The van der Waals surface area contributed by atoms with Crippen molar-refractivity contribution >= 4 is 82.1 Å². The fourth-order valence-corrected chi connectivity index (χ4v) is 13.9. The highest BCUT2D eigenvalue weighted by molar-refractivity contribution is 6.26. The van der Waals surface area contributed by atoms with E-state index in [1.54, 1.807) is 0 Å². The molecule has 0 unspecified atom stereocenters. The van der Waals surface area contributed by atoms with E-state index in [-0.39, 0.29) is 5.41 Å². The summed E-state index contributed by atoms with van der Waals surface area (Å²) in [5.41, 5.74) is 20.2. The maximum atomic E-state index is 7.54. The molecule has 1 spiro atoms. The Morgan fingerprint density at radius 2 is 0.689 bits per heavy atom. The van der Waals surface area contributed by atoms with Crippen molar-refractivity contribution < 1.29 is 4.42 Å². The molecular weight excluding hydrogens is 895 g/mol. The van der Waals surface area contributed by atoms with E-state index in [4.69, 9.17) is 4.42 Å². The van der Waals surface area contributed by atoms with Gasteiger partial charge in [0.15, 0.2) is 0 Å². The molecule has 74 heavy (non-hydrogen) atoms. The molecule has 3 aliphatic rings. The predicted octanol–water partition coefficient (Wildman–Crippen LogP) is 19.4. The van der Waals surface area contributed by atoms with E-state index in [9.17, 15) is 0 Å². The topological polar surface area (TPSA) is 16.4 Å². The lowest BCUT2D eigenvalue weighted by molar-refractivity contribution is 0.660. The van der Waals surface area contributed by atoms with Gasteiger partial charge in [0.25, 0.3) is 0 Å². The van der Waals surface area contributed by atoms with Crippen molar-refractivity contribution in [1.29, 1.82) is 0 Å². The molecule has 0 N–H and O–H groups in total. The first-order valence-corrected chi connectivity index (χ1v) is 25.9. The highest BCUT2D eigenvalue weighted by atomic mass is 16.3. The van der Waals surface area contributed by atoms with E-state index < -0.39 is 5.41 Å². The number of fused-ring (bicyclic) bond motifs is 24. The van der Waals surface area contributed by atoms with Gasteiger partial charge in [0.2, 0.25) is 0 Å². The Bertz CT molecular complexity index is 4620. The third kappa shape index (κ3) is 5.44. The number of hydrogen-bond donors (Lipinski definition) is 0. The first-order valence-electron chi connectivity index (χ1n) is 25.9. The second-order valence-corrected chi connectivity index (χ2v) is 21.0. The van der Waals surface area contributed by atoms with Crippen LogP contribution in [0.3, 0.4) is 0 Å². The molecule has 16 rings (SSSR count). The average molecular weight is 942 g/mol. The normalized spacial score (nSPS) is 14.0. The predicted molar refractivity (Wildman–Crippen MR) is 310 cm³/mol. The summed E-state index contributed by atoms with van der Waals surface area (Å²) in [5, 5.41) is 11.0. The minimum absolute atomic E-state index is 0.141. The summed E-state index contributed by atoms with van der Waals surface area (Å²) >= 11 is 0. The van der Waals surface area contributed by atoms with Crippen molar-refractivity contribution in [3.8, 4) is 33.4 Å². The van der Waals surface area contributed by atoms with Crippen molar-refractivity contribution in [3.05, 3.63) is 282 Å². The summed E-state index contributed by atoms with van der Waals surface area (Å²) in [5.74, 6) is 0. The van der Waals surface area contributed by atoms with Crippen LogP contribution in [0.1, 0.15) is 47.2 Å². The summed E-state index contributed by atoms with van der Waals surface area (Å²) in [7, 11) is 0. The minimum atomic E-state index is -0.450. The van der Waals surface area contributed by atoms with Crippen LogP contribution in [0.2, 0.25) is 0 Å². The third-order valence-corrected chi connectivity index (χ3v) is 17.1. The quantitative estimate of drug-likeness (QED) is 0.175. The molecule has 2 nitrogen and oxygen atoms in total. The number of hydrogen-bond acceptors (Lipinski definition) is 2. The molecule has 1 heterocycles. The molecule has 12 aromatic carbocycles. The monoisotopic (exact) mass is 941 g/mol. The van der Waals surface area contributed by atoms with Crippen LogP contribution in [0.15, 0.2) is 253 Å². The van der Waals surface area contributed by atoms with Crippen molar-refractivity contribution in [2.45, 2.75) is 24.7 Å². The summed E-state index contributed by atoms with van der Waals surface area (Å²) in [6.07, 6.45) is 0. The van der Waals surface area contributed by atoms with Gasteiger partial charge in [0.1, 0.15) is 11.2 Å². The molecule has 0 saturated heterocycles. The zero-order valence-corrected chi connectivity index (χ0v) is 41.0. The number of benzene rings is 12. The van der Waals surface area contributed by atoms with Crippen molar-refractivity contribution in [3.63, 3.8) is 0 Å². The molecule has 3 aliphatic carbocycles. The molecule has 0 fully saturated rings. The van der Waals surface area contributed by atoms with Gasteiger partial charge in [-0.3, -0.25) is 0 Å². The van der Waals surface area contributed by atoms with Gasteiger partial charge < -0.3 is 9.32 Å². The minimum Gasteiger partial charge on any atom is -0.455 e. The van der Waals surface area contributed by atoms with Gasteiger partial charge in [0.05, 0.1) is 11.1 Å². The molecule has 0 saturated carbocycles. The van der Waals surface area contributed by atoms with Gasteiger partial charge in [0, 0.05) is 43.7 Å². The zero-order valence-electron chi connectivity index (χ0n) is 41.0. The lowest BCUT2D eigenvalue weighted by atomic mass is 9.70. The van der Waals surface area contributed by atoms with Gasteiger partial charge in [-0.2, -0.15) is 0 Å². The van der Waals surface area contributed by atoms with E-state index in [2.05, 4.69) is 267 Å². The van der Waals surface area contributed by atoms with Crippen LogP contribution in [-0.4, -0.2) is 0 Å². The maximum Gasteiger partial charge on any atom is 0.143 e. The van der Waals surface area contributed by atoms with Gasteiger partial charge >= 0.3 is 0 Å². The lowest BCUT2D eigenvalue weighted by Gasteiger charge is -2.31. The van der Waals surface area contributed by atoms with Gasteiger partial charge in [-0.15, -0.1) is 0 Å². The first kappa shape index (κ1) is 41.4. The van der Waals surface area contributed by atoms with E-state index in [0.717, 1.165) is 82.1 Å². The molecule has 0 amide bonds. The third-order valence-electron chi connectivity index (χ3n) is 17.1. The molecule has 346 valence electrons. The van der Waals surface area contributed by atoms with Crippen LogP contribution in [0, 0.1) is 0 Å². The molecule has 0 atom stereocenters. The molecule has 13 aromatic rings. The summed E-state index contributed by atoms with van der Waals surface area (Å²) < 4.78 is 7.54. The molecular formula is C72H47NO. The molecule has 1 aromatic heterocycles. The van der Waals surface area contributed by atoms with E-state index in [1.165, 1.54) is 66.8 Å². The molecule has 0 bridgehead atoms. The Labute approximate surface area is 429 Å². The Morgan fingerprint density at radius 1 is 0.297 bits per heavy atom. The summed E-state index contributed by atoms with van der Waals surface area (Å²) in [6, 6.07) is 93.0. The number of anilines is 3. The summed E-state index contributed by atoms with van der Waals surface area (Å²) in [6.45, 7) is 4.74. The van der Waals surface area contributed by atoms with Crippen molar-refractivity contribution in [1.82, 2.24) is 0 Å². The number of rotatable bonds is 3. The highest BCUT2D eigenvalue weighted by Gasteiger charge is 2.51. The fraction of sp³-hybridized carbons (Fsp3) is 0.0556. The smallest absolute Gasteiger partial charge is 0.143 e. The van der Waals surface area contributed by atoms with Crippen LogP contribution in [-0.2, 0) is 10.8 Å². The second-order valence-electron chi connectivity index (χ2n) is 21.0. The fourth-order valence-electron chi connectivity index (χ4n) is 13.9. The first-order chi connectivity index (χ1) is 36.5. The van der Waals surface area contributed by atoms with Crippen LogP contribution in [0.25, 0.3) is 98.4 Å². The molecule has 2 heteroatoms. The van der Waals surface area contributed by atoms with Gasteiger partial charge in [-0.05, 0) is 136 Å². The van der Waals surface area contributed by atoms with E-state index >= 15 is 0 Å². The van der Waals surface area contributed by atoms with Gasteiger partial charge in [-0.25, -0.2) is 0 Å². The van der Waals surface area contributed by atoms with Crippen LogP contribution in [0.5, 0.6) is 0 Å². The van der Waals surface area contributed by atoms with E-state index in [0.29, 0.717) is 0 Å². The number of nitrogens with zero attached hydrogens (tertiary/aromatic N) is 1. The zero-order chi connectivity index (χ0) is 48.9. The SMILES string of the molecule is CC1(C)c2ccccc2-c2cc(N(c3ccc4c(c3)-c3ccccc3C43c4ccccc4-c4ccccc43)c3cccc4c5ccc6ccccc6c5oc5c6ccccc6ccc5c5ccccc5c34)ccc21. The summed E-state index contributed by atoms with van der Waals surface area (Å²) in [4.78, 5) is 2.55. The largest absolute Gasteiger partial charge is 0.455 e. The van der Waals surface area contributed by atoms with Crippen molar-refractivity contribution in [2.24, 2.45) is 0 Å². The van der Waals surface area contributed by atoms with Gasteiger partial charge in [-0.1, -0.05) is 220 Å². The maximum absolute atomic E-state index is 7.54. The molecule has 0 aliphatic heterocycles. The Kier molecular flexibility index (Phi) is 8.47. The van der Waals surface area contributed by atoms with Crippen molar-refractivity contribution in [2.75, 3.05) is 4.90 Å². The molecule has 0 radical (unpaired) electrons. The Hall–Kier alpha value is -9.24. The van der Waals surface area contributed by atoms with Crippen LogP contribution < -0.4 is 4.90 Å². The van der Waals surface area contributed by atoms with Crippen LogP contribution in [0.4, 0.5) is 17.1 Å². The van der Waals surface area contributed by atoms with Crippen LogP contribution >= 0.6 is 0 Å². The van der Waals surface area contributed by atoms with E-state index in [1.807, 2.05) is 0 Å². The second kappa shape index (κ2) is 15.1. The highest BCUT2D eigenvalue weighted by Crippen LogP contribution is 2.63. The Morgan fingerprint density at radius 3 is 1.28 bits per heavy atom.